The summed E-state index contributed by atoms with van der Waals surface area (Å²) in [5, 5.41) is 2.71. The van der Waals surface area contributed by atoms with Crippen LogP contribution in [0, 0.1) is 5.82 Å². The van der Waals surface area contributed by atoms with Crippen molar-refractivity contribution in [2.75, 3.05) is 26.6 Å². The molecule has 6 nitrogen and oxygen atoms in total. The predicted octanol–water partition coefficient (Wildman–Crippen LogP) is 2.47. The third-order valence-electron chi connectivity index (χ3n) is 2.48. The first kappa shape index (κ1) is 13.9. The Kier molecular flexibility index (Phi) is 4.19. The minimum Gasteiger partial charge on any atom is -0.496 e. The fourth-order valence-electron chi connectivity index (χ4n) is 1.50. The van der Waals surface area contributed by atoms with E-state index in [9.17, 15) is 4.39 Å². The molecular weight excluding hydrogens is 265 g/mol. The second kappa shape index (κ2) is 6.05. The molecule has 0 aliphatic rings. The Labute approximate surface area is 115 Å². The molecule has 0 saturated heterocycles. The first-order valence-electron chi connectivity index (χ1n) is 5.77. The zero-order chi connectivity index (χ0) is 14.5. The summed E-state index contributed by atoms with van der Waals surface area (Å²) in [6, 6.07) is 4.88. The Morgan fingerprint density at radius 1 is 1.05 bits per heavy atom. The number of methoxy groups -OCH3 is 2. The van der Waals surface area contributed by atoms with Gasteiger partial charge >= 0.3 is 0 Å². The van der Waals surface area contributed by atoms with E-state index >= 15 is 0 Å². The topological polar surface area (TPSA) is 65.5 Å². The van der Waals surface area contributed by atoms with Crippen molar-refractivity contribution in [3.05, 3.63) is 30.2 Å². The molecule has 1 heterocycles. The molecule has 20 heavy (non-hydrogen) atoms. The Hall–Kier alpha value is -2.57. The van der Waals surface area contributed by atoms with E-state index in [1.165, 1.54) is 14.2 Å². The lowest BCUT2D eigenvalue weighted by Crippen LogP contribution is -2.00. The fourth-order valence-corrected chi connectivity index (χ4v) is 1.50. The van der Waals surface area contributed by atoms with E-state index in [-0.39, 0.29) is 11.8 Å². The van der Waals surface area contributed by atoms with Crippen LogP contribution in [-0.4, -0.2) is 31.2 Å². The molecule has 0 fully saturated rings. The molecule has 0 spiro atoms. The molecule has 0 saturated carbocycles. The maximum atomic E-state index is 13.6. The van der Waals surface area contributed by atoms with Crippen LogP contribution in [0.25, 0.3) is 0 Å². The number of anilines is 1. The SMILES string of the molecule is CNc1ncc(F)c(Oc2cc(OC)cc(OC)c2)n1. The number of benzene rings is 1. The molecule has 7 heteroatoms. The number of rotatable bonds is 5. The standard InChI is InChI=1S/C13H14FN3O3/c1-15-13-16-7-11(14)12(17-13)20-10-5-8(18-2)4-9(6-10)19-3/h4-7H,1-3H3,(H,15,16,17). The first-order chi connectivity index (χ1) is 9.66. The van der Waals surface area contributed by atoms with Gasteiger partial charge in [0.05, 0.1) is 20.4 Å². The summed E-state index contributed by atoms with van der Waals surface area (Å²) in [5.74, 6) is 0.827. The van der Waals surface area contributed by atoms with E-state index in [0.29, 0.717) is 17.2 Å². The van der Waals surface area contributed by atoms with Crippen molar-refractivity contribution in [1.82, 2.24) is 9.97 Å². The van der Waals surface area contributed by atoms with Gasteiger partial charge in [-0.1, -0.05) is 0 Å². The zero-order valence-electron chi connectivity index (χ0n) is 11.3. The zero-order valence-corrected chi connectivity index (χ0v) is 11.3. The maximum absolute atomic E-state index is 13.6. The number of hydrogen-bond acceptors (Lipinski definition) is 6. The summed E-state index contributed by atoms with van der Waals surface area (Å²) in [7, 11) is 4.66. The summed E-state index contributed by atoms with van der Waals surface area (Å²) in [5.41, 5.74) is 0. The molecule has 1 aromatic heterocycles. The number of aromatic nitrogens is 2. The second-order valence-corrected chi connectivity index (χ2v) is 3.75. The van der Waals surface area contributed by atoms with Crippen LogP contribution in [-0.2, 0) is 0 Å². The van der Waals surface area contributed by atoms with Crippen molar-refractivity contribution in [1.29, 1.82) is 0 Å². The van der Waals surface area contributed by atoms with Crippen LogP contribution in [0.5, 0.6) is 23.1 Å². The van der Waals surface area contributed by atoms with Crippen molar-refractivity contribution in [2.24, 2.45) is 0 Å². The largest absolute Gasteiger partial charge is 0.496 e. The predicted molar refractivity (Wildman–Crippen MR) is 71.2 cm³/mol. The minimum absolute atomic E-state index is 0.181. The lowest BCUT2D eigenvalue weighted by molar-refractivity contribution is 0.379. The number of halogens is 1. The van der Waals surface area contributed by atoms with Gasteiger partial charge in [0.15, 0.2) is 0 Å². The van der Waals surface area contributed by atoms with Crippen molar-refractivity contribution in [3.63, 3.8) is 0 Å². The molecule has 0 atom stereocenters. The molecule has 2 aromatic rings. The van der Waals surface area contributed by atoms with E-state index in [0.717, 1.165) is 6.20 Å². The van der Waals surface area contributed by atoms with E-state index in [2.05, 4.69) is 15.3 Å². The van der Waals surface area contributed by atoms with Crippen molar-refractivity contribution in [2.45, 2.75) is 0 Å². The van der Waals surface area contributed by atoms with Gasteiger partial charge in [0.2, 0.25) is 11.8 Å². The maximum Gasteiger partial charge on any atom is 0.260 e. The molecule has 0 amide bonds. The van der Waals surface area contributed by atoms with Gasteiger partial charge < -0.3 is 19.5 Å². The summed E-state index contributed by atoms with van der Waals surface area (Å²) in [6.45, 7) is 0. The van der Waals surface area contributed by atoms with Crippen LogP contribution in [0.15, 0.2) is 24.4 Å². The third kappa shape index (κ3) is 3.05. The molecular formula is C13H14FN3O3. The van der Waals surface area contributed by atoms with Crippen LogP contribution >= 0.6 is 0 Å². The van der Waals surface area contributed by atoms with Crippen molar-refractivity contribution in [3.8, 4) is 23.1 Å². The molecule has 0 aliphatic carbocycles. The summed E-state index contributed by atoms with van der Waals surface area (Å²) < 4.78 is 29.2. The minimum atomic E-state index is -0.661. The van der Waals surface area contributed by atoms with Gasteiger partial charge in [0, 0.05) is 25.2 Å². The molecule has 1 aromatic carbocycles. The van der Waals surface area contributed by atoms with Crippen LogP contribution in [0.4, 0.5) is 10.3 Å². The fraction of sp³-hybridized carbons (Fsp3) is 0.231. The number of hydrogen-bond donors (Lipinski definition) is 1. The van der Waals surface area contributed by atoms with E-state index in [4.69, 9.17) is 14.2 Å². The van der Waals surface area contributed by atoms with Gasteiger partial charge in [-0.3, -0.25) is 0 Å². The Morgan fingerprint density at radius 2 is 1.65 bits per heavy atom. The summed E-state index contributed by atoms with van der Waals surface area (Å²) in [4.78, 5) is 7.64. The molecule has 2 rings (SSSR count). The average molecular weight is 279 g/mol. The van der Waals surface area contributed by atoms with Crippen molar-refractivity contribution >= 4 is 5.95 Å². The molecule has 0 aliphatic heterocycles. The van der Waals surface area contributed by atoms with Gasteiger partial charge in [0.1, 0.15) is 17.2 Å². The number of ether oxygens (including phenoxy) is 3. The van der Waals surface area contributed by atoms with E-state index < -0.39 is 5.82 Å². The van der Waals surface area contributed by atoms with Crippen LogP contribution in [0.3, 0.4) is 0 Å². The average Bonchev–Trinajstić information content (AvgIpc) is 2.49. The number of nitrogens with one attached hydrogen (secondary N) is 1. The highest BCUT2D eigenvalue weighted by Crippen LogP contribution is 2.31. The third-order valence-corrected chi connectivity index (χ3v) is 2.48. The quantitative estimate of drug-likeness (QED) is 0.907. The van der Waals surface area contributed by atoms with E-state index in [1.807, 2.05) is 0 Å². The lowest BCUT2D eigenvalue weighted by atomic mass is 10.3. The molecule has 106 valence electrons. The molecule has 0 unspecified atom stereocenters. The molecule has 1 N–H and O–H groups in total. The van der Waals surface area contributed by atoms with Crippen LogP contribution < -0.4 is 19.5 Å². The van der Waals surface area contributed by atoms with Crippen LogP contribution in [0.1, 0.15) is 0 Å². The van der Waals surface area contributed by atoms with Crippen LogP contribution in [0.2, 0.25) is 0 Å². The smallest absolute Gasteiger partial charge is 0.260 e. The van der Waals surface area contributed by atoms with Gasteiger partial charge in [-0.25, -0.2) is 4.98 Å². The highest BCUT2D eigenvalue weighted by atomic mass is 19.1. The summed E-state index contributed by atoms with van der Waals surface area (Å²) in [6.07, 6.45) is 1.03. The van der Waals surface area contributed by atoms with Gasteiger partial charge in [0.25, 0.3) is 5.88 Å². The lowest BCUT2D eigenvalue weighted by Gasteiger charge is -2.10. The highest BCUT2D eigenvalue weighted by molar-refractivity contribution is 5.43. The van der Waals surface area contributed by atoms with Gasteiger partial charge in [-0.05, 0) is 0 Å². The Balaban J connectivity index is 2.33. The second-order valence-electron chi connectivity index (χ2n) is 3.75. The monoisotopic (exact) mass is 279 g/mol. The normalized spacial score (nSPS) is 10.0. The first-order valence-corrected chi connectivity index (χ1v) is 5.77. The highest BCUT2D eigenvalue weighted by Gasteiger charge is 2.11. The van der Waals surface area contributed by atoms with Crippen molar-refractivity contribution < 1.29 is 18.6 Å². The number of nitrogens with zero attached hydrogens (tertiary/aromatic N) is 2. The molecule has 0 bridgehead atoms. The summed E-state index contributed by atoms with van der Waals surface area (Å²) >= 11 is 0. The molecule has 0 radical (unpaired) electrons. The Morgan fingerprint density at radius 3 is 2.20 bits per heavy atom. The van der Waals surface area contributed by atoms with Gasteiger partial charge in [-0.15, -0.1) is 0 Å². The van der Waals surface area contributed by atoms with E-state index in [1.54, 1.807) is 25.2 Å². The van der Waals surface area contributed by atoms with Gasteiger partial charge in [-0.2, -0.15) is 9.37 Å². The Bertz CT molecular complexity index is 585.